The van der Waals surface area contributed by atoms with Crippen LogP contribution in [0.3, 0.4) is 0 Å². The van der Waals surface area contributed by atoms with Gasteiger partial charge in [0.05, 0.1) is 13.2 Å². The van der Waals surface area contributed by atoms with Crippen molar-refractivity contribution >= 4 is 6.03 Å². The van der Waals surface area contributed by atoms with Crippen LogP contribution >= 0.6 is 0 Å². The van der Waals surface area contributed by atoms with Gasteiger partial charge in [-0.2, -0.15) is 13.2 Å². The zero-order valence-corrected chi connectivity index (χ0v) is 8.99. The van der Waals surface area contributed by atoms with Gasteiger partial charge in [-0.1, -0.05) is 12.2 Å². The van der Waals surface area contributed by atoms with E-state index in [2.05, 4.69) is 11.9 Å². The van der Waals surface area contributed by atoms with E-state index < -0.39 is 18.8 Å². The van der Waals surface area contributed by atoms with Crippen molar-refractivity contribution in [2.75, 3.05) is 26.3 Å². The summed E-state index contributed by atoms with van der Waals surface area (Å²) in [7, 11) is 0. The number of ether oxygens (including phenoxy) is 1. The molecule has 0 fully saturated rings. The Morgan fingerprint density at radius 2 is 2.00 bits per heavy atom. The highest BCUT2D eigenvalue weighted by Gasteiger charge is 2.27. The lowest BCUT2D eigenvalue weighted by molar-refractivity contribution is -0.122. The molecule has 0 aromatic rings. The number of hydrogen-bond donors (Lipinski definition) is 2. The second kappa shape index (κ2) is 7.10. The van der Waals surface area contributed by atoms with Gasteiger partial charge in [-0.05, 0) is 6.92 Å². The fourth-order valence-corrected chi connectivity index (χ4v) is 0.726. The van der Waals surface area contributed by atoms with Gasteiger partial charge in [0, 0.05) is 6.54 Å². The van der Waals surface area contributed by atoms with Crippen LogP contribution in [-0.2, 0) is 4.74 Å². The number of carbonyl (C=O) groups is 1. The lowest BCUT2D eigenvalue weighted by Gasteiger charge is -2.09. The number of alkyl halides is 3. The van der Waals surface area contributed by atoms with E-state index in [1.165, 1.54) is 0 Å². The highest BCUT2D eigenvalue weighted by Crippen LogP contribution is 2.11. The molecule has 0 aromatic heterocycles. The molecular weight excluding hydrogens is 225 g/mol. The Balaban J connectivity index is 3.41. The second-order valence-corrected chi connectivity index (χ2v) is 3.23. The van der Waals surface area contributed by atoms with E-state index in [9.17, 15) is 18.0 Å². The van der Waals surface area contributed by atoms with Crippen LogP contribution in [0.4, 0.5) is 18.0 Å². The van der Waals surface area contributed by atoms with Gasteiger partial charge in [-0.3, -0.25) is 0 Å². The van der Waals surface area contributed by atoms with E-state index in [0.29, 0.717) is 6.61 Å². The number of hydrogen-bond acceptors (Lipinski definition) is 2. The fourth-order valence-electron chi connectivity index (χ4n) is 0.726. The molecule has 94 valence electrons. The summed E-state index contributed by atoms with van der Waals surface area (Å²) in [5.41, 5.74) is 0.835. The summed E-state index contributed by atoms with van der Waals surface area (Å²) in [4.78, 5) is 10.8. The molecule has 0 rings (SSSR count). The van der Waals surface area contributed by atoms with Gasteiger partial charge in [-0.25, -0.2) is 4.79 Å². The predicted octanol–water partition coefficient (Wildman–Crippen LogP) is 1.44. The van der Waals surface area contributed by atoms with Gasteiger partial charge < -0.3 is 15.4 Å². The molecule has 0 unspecified atom stereocenters. The highest BCUT2D eigenvalue weighted by atomic mass is 19.4. The summed E-state index contributed by atoms with van der Waals surface area (Å²) in [6.07, 6.45) is -4.40. The van der Waals surface area contributed by atoms with Crippen molar-refractivity contribution in [3.63, 3.8) is 0 Å². The zero-order chi connectivity index (χ0) is 12.6. The number of halogens is 3. The molecule has 16 heavy (non-hydrogen) atoms. The summed E-state index contributed by atoms with van der Waals surface area (Å²) in [5, 5.41) is 3.90. The van der Waals surface area contributed by atoms with Gasteiger partial charge >= 0.3 is 12.2 Å². The topological polar surface area (TPSA) is 50.4 Å². The first-order valence-corrected chi connectivity index (χ1v) is 4.62. The maximum atomic E-state index is 11.7. The van der Waals surface area contributed by atoms with Crippen LogP contribution in [0.2, 0.25) is 0 Å². The van der Waals surface area contributed by atoms with E-state index in [-0.39, 0.29) is 13.2 Å². The first-order valence-electron chi connectivity index (χ1n) is 4.62. The third-order valence-electron chi connectivity index (χ3n) is 1.33. The normalized spacial score (nSPS) is 11.0. The van der Waals surface area contributed by atoms with E-state index in [0.717, 1.165) is 5.57 Å². The predicted molar refractivity (Wildman–Crippen MR) is 53.1 cm³/mol. The van der Waals surface area contributed by atoms with Crippen molar-refractivity contribution in [1.29, 1.82) is 0 Å². The SMILES string of the molecule is C=C(C)COCCNC(=O)NCC(F)(F)F. The zero-order valence-electron chi connectivity index (χ0n) is 8.99. The van der Waals surface area contributed by atoms with Gasteiger partial charge in [-0.15, -0.1) is 0 Å². The number of carbonyl (C=O) groups excluding carboxylic acids is 1. The number of rotatable bonds is 6. The maximum absolute atomic E-state index is 11.7. The standard InChI is InChI=1S/C9H15F3N2O2/c1-7(2)5-16-4-3-13-8(15)14-6-9(10,11)12/h1,3-6H2,2H3,(H2,13,14,15). The average Bonchev–Trinajstić information content (AvgIpc) is 2.12. The van der Waals surface area contributed by atoms with Crippen molar-refractivity contribution < 1.29 is 22.7 Å². The molecule has 2 N–H and O–H groups in total. The minimum absolute atomic E-state index is 0.150. The summed E-state index contributed by atoms with van der Waals surface area (Å²) in [5.74, 6) is 0. The van der Waals surface area contributed by atoms with Crippen molar-refractivity contribution in [3.8, 4) is 0 Å². The second-order valence-electron chi connectivity index (χ2n) is 3.23. The molecule has 0 bridgehead atoms. The number of amides is 2. The molecule has 0 heterocycles. The smallest absolute Gasteiger partial charge is 0.375 e. The van der Waals surface area contributed by atoms with Crippen LogP contribution in [0.5, 0.6) is 0 Å². The van der Waals surface area contributed by atoms with Crippen molar-refractivity contribution in [2.24, 2.45) is 0 Å². The molecule has 4 nitrogen and oxygen atoms in total. The Morgan fingerprint density at radius 3 is 2.50 bits per heavy atom. The van der Waals surface area contributed by atoms with Crippen LogP contribution in [0.25, 0.3) is 0 Å². The van der Waals surface area contributed by atoms with Crippen molar-refractivity contribution in [3.05, 3.63) is 12.2 Å². The molecule has 2 amide bonds. The van der Waals surface area contributed by atoms with Crippen LogP contribution in [0.1, 0.15) is 6.92 Å². The molecule has 0 atom stereocenters. The van der Waals surface area contributed by atoms with Crippen LogP contribution < -0.4 is 10.6 Å². The summed E-state index contributed by atoms with van der Waals surface area (Å²) in [6.45, 7) is 4.78. The van der Waals surface area contributed by atoms with Gasteiger partial charge in [0.25, 0.3) is 0 Å². The van der Waals surface area contributed by atoms with Gasteiger partial charge in [0.1, 0.15) is 6.54 Å². The highest BCUT2D eigenvalue weighted by molar-refractivity contribution is 5.73. The molecule has 0 aliphatic carbocycles. The van der Waals surface area contributed by atoms with Crippen LogP contribution in [0.15, 0.2) is 12.2 Å². The monoisotopic (exact) mass is 240 g/mol. The molecular formula is C9H15F3N2O2. The molecule has 0 radical (unpaired) electrons. The molecule has 7 heteroatoms. The van der Waals surface area contributed by atoms with E-state index in [1.54, 1.807) is 12.2 Å². The number of urea groups is 1. The molecule has 0 spiro atoms. The van der Waals surface area contributed by atoms with Crippen molar-refractivity contribution in [1.82, 2.24) is 10.6 Å². The third-order valence-corrected chi connectivity index (χ3v) is 1.33. The Kier molecular flexibility index (Phi) is 6.55. The maximum Gasteiger partial charge on any atom is 0.405 e. The van der Waals surface area contributed by atoms with Gasteiger partial charge in [0.2, 0.25) is 0 Å². The fraction of sp³-hybridized carbons (Fsp3) is 0.667. The van der Waals surface area contributed by atoms with Crippen LogP contribution in [-0.4, -0.2) is 38.5 Å². The lowest BCUT2D eigenvalue weighted by atomic mass is 10.4. The first-order chi connectivity index (χ1) is 7.31. The van der Waals surface area contributed by atoms with Gasteiger partial charge in [0.15, 0.2) is 0 Å². The molecule has 0 saturated heterocycles. The molecule has 0 saturated carbocycles. The summed E-state index contributed by atoms with van der Waals surface area (Å²) >= 11 is 0. The molecule has 0 aliphatic heterocycles. The molecule has 0 aliphatic rings. The Bertz CT molecular complexity index is 241. The lowest BCUT2D eigenvalue weighted by Crippen LogP contribution is -2.41. The summed E-state index contributed by atoms with van der Waals surface area (Å²) < 4.78 is 40.0. The van der Waals surface area contributed by atoms with Crippen molar-refractivity contribution in [2.45, 2.75) is 13.1 Å². The first kappa shape index (κ1) is 14.8. The van der Waals surface area contributed by atoms with E-state index in [4.69, 9.17) is 4.74 Å². The summed E-state index contributed by atoms with van der Waals surface area (Å²) in [6, 6.07) is -0.865. The van der Waals surface area contributed by atoms with E-state index in [1.807, 2.05) is 0 Å². The quantitative estimate of drug-likeness (QED) is 0.545. The largest absolute Gasteiger partial charge is 0.405 e. The Hall–Kier alpha value is -1.24. The Morgan fingerprint density at radius 1 is 1.38 bits per heavy atom. The minimum atomic E-state index is -4.40. The Labute approximate surface area is 91.8 Å². The van der Waals surface area contributed by atoms with E-state index >= 15 is 0 Å². The average molecular weight is 240 g/mol. The minimum Gasteiger partial charge on any atom is -0.375 e. The number of nitrogens with one attached hydrogen (secondary N) is 2. The van der Waals surface area contributed by atoms with Crippen LogP contribution in [0, 0.1) is 0 Å². The molecule has 0 aromatic carbocycles. The third kappa shape index (κ3) is 10.8.